The van der Waals surface area contributed by atoms with E-state index >= 15 is 0 Å². The standard InChI is InChI=1S/C15H15NO4S/c1-20-11-8-13(21-9-11)14(17)16-12(15(18)19)7-10-5-3-2-4-6-10/h2-6,8-9,12H,7H2,1H3,(H,16,17)(H,18,19)/t12-/m0/s1. The van der Waals surface area contributed by atoms with Crippen molar-refractivity contribution in [2.75, 3.05) is 7.11 Å². The summed E-state index contributed by atoms with van der Waals surface area (Å²) in [4.78, 5) is 23.8. The maximum Gasteiger partial charge on any atom is 0.326 e. The molecule has 2 aromatic rings. The Kier molecular flexibility index (Phi) is 4.94. The Labute approximate surface area is 126 Å². The smallest absolute Gasteiger partial charge is 0.326 e. The van der Waals surface area contributed by atoms with Crippen LogP contribution >= 0.6 is 11.3 Å². The van der Waals surface area contributed by atoms with Gasteiger partial charge in [0.2, 0.25) is 0 Å². The van der Waals surface area contributed by atoms with Crippen LogP contribution in [0, 0.1) is 0 Å². The molecular formula is C15H15NO4S. The Hall–Kier alpha value is -2.34. The summed E-state index contributed by atoms with van der Waals surface area (Å²) in [5.41, 5.74) is 0.856. The van der Waals surface area contributed by atoms with Crippen molar-refractivity contribution in [1.29, 1.82) is 0 Å². The van der Waals surface area contributed by atoms with E-state index in [2.05, 4.69) is 5.32 Å². The minimum absolute atomic E-state index is 0.240. The third-order valence-electron chi connectivity index (χ3n) is 2.92. The number of amides is 1. The van der Waals surface area contributed by atoms with Crippen molar-refractivity contribution in [3.8, 4) is 5.75 Å². The fourth-order valence-corrected chi connectivity index (χ4v) is 2.58. The molecule has 0 fully saturated rings. The number of hydrogen-bond donors (Lipinski definition) is 2. The minimum Gasteiger partial charge on any atom is -0.496 e. The summed E-state index contributed by atoms with van der Waals surface area (Å²) in [6.45, 7) is 0. The van der Waals surface area contributed by atoms with Crippen LogP contribution in [-0.2, 0) is 11.2 Å². The van der Waals surface area contributed by atoms with Gasteiger partial charge in [-0.25, -0.2) is 4.79 Å². The summed E-state index contributed by atoms with van der Waals surface area (Å²) >= 11 is 1.21. The molecule has 0 aliphatic rings. The highest BCUT2D eigenvalue weighted by Crippen LogP contribution is 2.21. The Morgan fingerprint density at radius 3 is 2.62 bits per heavy atom. The lowest BCUT2D eigenvalue weighted by molar-refractivity contribution is -0.139. The monoisotopic (exact) mass is 305 g/mol. The van der Waals surface area contributed by atoms with Crippen molar-refractivity contribution in [3.63, 3.8) is 0 Å². The number of thiophene rings is 1. The first-order valence-electron chi connectivity index (χ1n) is 6.30. The molecule has 1 aromatic heterocycles. The highest BCUT2D eigenvalue weighted by Gasteiger charge is 2.22. The van der Waals surface area contributed by atoms with Crippen LogP contribution in [0.25, 0.3) is 0 Å². The van der Waals surface area contributed by atoms with Crippen molar-refractivity contribution in [3.05, 3.63) is 52.2 Å². The van der Waals surface area contributed by atoms with Crippen LogP contribution in [0.3, 0.4) is 0 Å². The quantitative estimate of drug-likeness (QED) is 0.857. The molecule has 2 rings (SSSR count). The number of aliphatic carboxylic acids is 1. The van der Waals surface area contributed by atoms with Crippen molar-refractivity contribution < 1.29 is 19.4 Å². The lowest BCUT2D eigenvalue weighted by Gasteiger charge is -2.14. The largest absolute Gasteiger partial charge is 0.496 e. The third-order valence-corrected chi connectivity index (χ3v) is 3.83. The maximum absolute atomic E-state index is 12.1. The molecule has 0 bridgehead atoms. The summed E-state index contributed by atoms with van der Waals surface area (Å²) < 4.78 is 5.01. The second-order valence-corrected chi connectivity index (χ2v) is 5.32. The van der Waals surface area contributed by atoms with Crippen molar-refractivity contribution in [2.24, 2.45) is 0 Å². The second-order valence-electron chi connectivity index (χ2n) is 4.40. The summed E-state index contributed by atoms with van der Waals surface area (Å²) in [6.07, 6.45) is 0.240. The summed E-state index contributed by atoms with van der Waals surface area (Å²) in [6, 6.07) is 9.80. The number of rotatable bonds is 6. The van der Waals surface area contributed by atoms with Crippen LogP contribution in [-0.4, -0.2) is 30.1 Å². The molecule has 0 saturated heterocycles. The molecule has 0 aliphatic heterocycles. The SMILES string of the molecule is COc1csc(C(=O)N[C@@H](Cc2ccccc2)C(=O)O)c1. The van der Waals surface area contributed by atoms with Gasteiger partial charge in [0.05, 0.1) is 12.0 Å². The second kappa shape index (κ2) is 6.90. The fourth-order valence-electron chi connectivity index (χ4n) is 1.82. The van der Waals surface area contributed by atoms with E-state index in [-0.39, 0.29) is 6.42 Å². The molecular weight excluding hydrogens is 290 g/mol. The predicted octanol–water partition coefficient (Wildman–Crippen LogP) is 2.18. The molecule has 0 radical (unpaired) electrons. The number of carbonyl (C=O) groups is 2. The Morgan fingerprint density at radius 1 is 1.33 bits per heavy atom. The first kappa shape index (κ1) is 15.1. The van der Waals surface area contributed by atoms with Gasteiger partial charge in [0.25, 0.3) is 5.91 Å². The van der Waals surface area contributed by atoms with Crippen LogP contribution < -0.4 is 10.1 Å². The molecule has 6 heteroatoms. The number of methoxy groups -OCH3 is 1. The number of hydrogen-bond acceptors (Lipinski definition) is 4. The highest BCUT2D eigenvalue weighted by atomic mass is 32.1. The fraction of sp³-hybridized carbons (Fsp3) is 0.200. The first-order chi connectivity index (χ1) is 10.1. The maximum atomic E-state index is 12.1. The van der Waals surface area contributed by atoms with E-state index in [1.54, 1.807) is 11.4 Å². The number of carboxylic acid groups (broad SMARTS) is 1. The van der Waals surface area contributed by atoms with Gasteiger partial charge in [-0.2, -0.15) is 0 Å². The van der Waals surface area contributed by atoms with E-state index in [4.69, 9.17) is 4.74 Å². The zero-order valence-electron chi connectivity index (χ0n) is 11.4. The molecule has 21 heavy (non-hydrogen) atoms. The molecule has 1 aromatic carbocycles. The minimum atomic E-state index is -1.06. The highest BCUT2D eigenvalue weighted by molar-refractivity contribution is 7.12. The predicted molar refractivity (Wildman–Crippen MR) is 79.9 cm³/mol. The van der Waals surface area contributed by atoms with E-state index in [0.29, 0.717) is 10.6 Å². The molecule has 1 amide bonds. The van der Waals surface area contributed by atoms with E-state index < -0.39 is 17.9 Å². The normalized spacial score (nSPS) is 11.7. The van der Waals surface area contributed by atoms with Gasteiger partial charge in [-0.3, -0.25) is 4.79 Å². The Balaban J connectivity index is 2.05. The van der Waals surface area contributed by atoms with Gasteiger partial charge in [-0.15, -0.1) is 11.3 Å². The van der Waals surface area contributed by atoms with Crippen LogP contribution in [0.2, 0.25) is 0 Å². The van der Waals surface area contributed by atoms with Gasteiger partial charge >= 0.3 is 5.97 Å². The lowest BCUT2D eigenvalue weighted by Crippen LogP contribution is -2.42. The zero-order chi connectivity index (χ0) is 15.2. The molecule has 1 heterocycles. The summed E-state index contributed by atoms with van der Waals surface area (Å²) in [5, 5.41) is 13.5. The van der Waals surface area contributed by atoms with Gasteiger partial charge in [0, 0.05) is 17.9 Å². The summed E-state index contributed by atoms with van der Waals surface area (Å²) in [7, 11) is 1.51. The Morgan fingerprint density at radius 2 is 2.05 bits per heavy atom. The molecule has 5 nitrogen and oxygen atoms in total. The number of carbonyl (C=O) groups excluding carboxylic acids is 1. The number of ether oxygens (including phenoxy) is 1. The third kappa shape index (κ3) is 4.06. The van der Waals surface area contributed by atoms with Gasteiger partial charge in [-0.05, 0) is 5.56 Å². The average molecular weight is 305 g/mol. The molecule has 0 saturated carbocycles. The van der Waals surface area contributed by atoms with Crippen LogP contribution in [0.5, 0.6) is 5.75 Å². The van der Waals surface area contributed by atoms with Crippen LogP contribution in [0.4, 0.5) is 0 Å². The van der Waals surface area contributed by atoms with Gasteiger partial charge in [-0.1, -0.05) is 30.3 Å². The van der Waals surface area contributed by atoms with Crippen LogP contribution in [0.15, 0.2) is 41.8 Å². The molecule has 0 unspecified atom stereocenters. The average Bonchev–Trinajstić information content (AvgIpc) is 2.96. The van der Waals surface area contributed by atoms with Gasteiger partial charge in [0.15, 0.2) is 0 Å². The van der Waals surface area contributed by atoms with Crippen molar-refractivity contribution >= 4 is 23.2 Å². The van der Waals surface area contributed by atoms with Crippen LogP contribution in [0.1, 0.15) is 15.2 Å². The van der Waals surface area contributed by atoms with E-state index in [9.17, 15) is 14.7 Å². The van der Waals surface area contributed by atoms with E-state index in [1.807, 2.05) is 30.3 Å². The van der Waals surface area contributed by atoms with E-state index in [0.717, 1.165) is 5.56 Å². The van der Waals surface area contributed by atoms with Gasteiger partial charge < -0.3 is 15.2 Å². The molecule has 1 atom stereocenters. The molecule has 2 N–H and O–H groups in total. The zero-order valence-corrected chi connectivity index (χ0v) is 12.2. The van der Waals surface area contributed by atoms with Gasteiger partial charge in [0.1, 0.15) is 11.8 Å². The van der Waals surface area contributed by atoms with E-state index in [1.165, 1.54) is 18.4 Å². The van der Waals surface area contributed by atoms with Crippen molar-refractivity contribution in [2.45, 2.75) is 12.5 Å². The molecule has 110 valence electrons. The molecule has 0 spiro atoms. The lowest BCUT2D eigenvalue weighted by atomic mass is 10.1. The topological polar surface area (TPSA) is 75.6 Å². The summed E-state index contributed by atoms with van der Waals surface area (Å²) in [5.74, 6) is -0.887. The number of carboxylic acids is 1. The Bertz CT molecular complexity index is 624. The number of benzene rings is 1. The molecule has 0 aliphatic carbocycles. The van der Waals surface area contributed by atoms with Crippen molar-refractivity contribution in [1.82, 2.24) is 5.32 Å². The number of nitrogens with one attached hydrogen (secondary N) is 1. The first-order valence-corrected chi connectivity index (χ1v) is 7.18.